The topological polar surface area (TPSA) is 83.9 Å². The number of aromatic nitrogens is 4. The number of hydrogen-bond donors (Lipinski definition) is 1. The number of aromatic amines is 1. The molecule has 1 aliphatic rings. The van der Waals surface area contributed by atoms with E-state index in [9.17, 15) is 9.59 Å². The van der Waals surface area contributed by atoms with Gasteiger partial charge in [-0.15, -0.1) is 0 Å². The Hall–Kier alpha value is -2.74. The summed E-state index contributed by atoms with van der Waals surface area (Å²) >= 11 is 3.35. The molecule has 7 nitrogen and oxygen atoms in total. The summed E-state index contributed by atoms with van der Waals surface area (Å²) in [6.07, 6.45) is 4.75. The molecule has 3 aromatic rings. The highest BCUT2D eigenvalue weighted by atomic mass is 79.9. The molecule has 1 N–H and O–H groups in total. The van der Waals surface area contributed by atoms with Crippen molar-refractivity contribution in [2.75, 3.05) is 13.1 Å². The van der Waals surface area contributed by atoms with Gasteiger partial charge >= 0.3 is 5.69 Å². The molecule has 0 radical (unpaired) electrons. The van der Waals surface area contributed by atoms with Crippen LogP contribution in [0.3, 0.4) is 0 Å². The molecule has 2 aromatic heterocycles. The fourth-order valence-corrected chi connectivity index (χ4v) is 3.83. The number of halogens is 1. The lowest BCUT2D eigenvalue weighted by Crippen LogP contribution is -2.38. The molecule has 1 aliphatic heterocycles. The number of para-hydroxylation sites is 1. The molecule has 0 unspecified atom stereocenters. The van der Waals surface area contributed by atoms with E-state index in [0.29, 0.717) is 18.7 Å². The van der Waals surface area contributed by atoms with Crippen LogP contribution in [0.15, 0.2) is 58.1 Å². The van der Waals surface area contributed by atoms with E-state index in [1.54, 1.807) is 23.0 Å². The maximum absolute atomic E-state index is 12.7. The number of amides is 1. The Bertz CT molecular complexity index is 1010. The van der Waals surface area contributed by atoms with Crippen LogP contribution in [0.5, 0.6) is 0 Å². The predicted molar refractivity (Wildman–Crippen MR) is 104 cm³/mol. The molecule has 27 heavy (non-hydrogen) atoms. The number of piperidine rings is 1. The molecule has 8 heteroatoms. The third-order valence-corrected chi connectivity index (χ3v) is 5.25. The van der Waals surface area contributed by atoms with Crippen molar-refractivity contribution in [1.29, 1.82) is 0 Å². The first-order valence-electron chi connectivity index (χ1n) is 8.76. The molecule has 0 aliphatic carbocycles. The van der Waals surface area contributed by atoms with E-state index in [-0.39, 0.29) is 17.5 Å². The van der Waals surface area contributed by atoms with Crippen LogP contribution >= 0.6 is 15.9 Å². The van der Waals surface area contributed by atoms with E-state index in [1.807, 2.05) is 35.2 Å². The van der Waals surface area contributed by atoms with Crippen LogP contribution < -0.4 is 5.69 Å². The molecular formula is C19H18BrN5O2. The van der Waals surface area contributed by atoms with Crippen LogP contribution in [0.1, 0.15) is 34.9 Å². The number of hydrogen-bond acceptors (Lipinski definition) is 4. The van der Waals surface area contributed by atoms with Gasteiger partial charge in [0, 0.05) is 35.9 Å². The monoisotopic (exact) mass is 427 g/mol. The van der Waals surface area contributed by atoms with Gasteiger partial charge in [-0.05, 0) is 47.0 Å². The van der Waals surface area contributed by atoms with Crippen molar-refractivity contribution >= 4 is 21.8 Å². The van der Waals surface area contributed by atoms with Gasteiger partial charge in [-0.1, -0.05) is 18.2 Å². The quantitative estimate of drug-likeness (QED) is 0.696. The molecule has 138 valence electrons. The highest BCUT2D eigenvalue weighted by molar-refractivity contribution is 9.10. The van der Waals surface area contributed by atoms with Crippen LogP contribution in [-0.2, 0) is 0 Å². The molecule has 1 amide bonds. The molecule has 3 heterocycles. The second-order valence-corrected chi connectivity index (χ2v) is 7.43. The summed E-state index contributed by atoms with van der Waals surface area (Å²) in [6.45, 7) is 1.23. The SMILES string of the molecule is O=C(c1cncc(Br)c1)N1CCC(c2n[nH]c(=O)n2-c2ccccc2)CC1. The fraction of sp³-hybridized carbons (Fsp3) is 0.263. The Morgan fingerprint density at radius 3 is 2.59 bits per heavy atom. The second kappa shape index (κ2) is 7.48. The zero-order valence-electron chi connectivity index (χ0n) is 14.5. The number of likely N-dealkylation sites (tertiary alicyclic amines) is 1. The van der Waals surface area contributed by atoms with Crippen molar-refractivity contribution in [3.63, 3.8) is 0 Å². The van der Waals surface area contributed by atoms with E-state index in [4.69, 9.17) is 0 Å². The molecule has 1 saturated heterocycles. The van der Waals surface area contributed by atoms with Crippen molar-refractivity contribution in [3.8, 4) is 5.69 Å². The van der Waals surface area contributed by atoms with Gasteiger partial charge < -0.3 is 4.90 Å². The number of H-pyrrole nitrogens is 1. The number of rotatable bonds is 3. The minimum absolute atomic E-state index is 0.0234. The molecule has 0 bridgehead atoms. The van der Waals surface area contributed by atoms with Crippen LogP contribution in [0.4, 0.5) is 0 Å². The average molecular weight is 428 g/mol. The lowest BCUT2D eigenvalue weighted by atomic mass is 9.95. The van der Waals surface area contributed by atoms with E-state index < -0.39 is 0 Å². The van der Waals surface area contributed by atoms with Crippen LogP contribution in [0, 0.1) is 0 Å². The smallest absolute Gasteiger partial charge is 0.339 e. The van der Waals surface area contributed by atoms with Crippen LogP contribution in [0.2, 0.25) is 0 Å². The van der Waals surface area contributed by atoms with Crippen molar-refractivity contribution < 1.29 is 4.79 Å². The fourth-order valence-electron chi connectivity index (χ4n) is 3.46. The highest BCUT2D eigenvalue weighted by Crippen LogP contribution is 2.28. The average Bonchev–Trinajstić information content (AvgIpc) is 3.09. The molecule has 4 rings (SSSR count). The Morgan fingerprint density at radius 2 is 1.89 bits per heavy atom. The normalized spacial score (nSPS) is 15.1. The van der Waals surface area contributed by atoms with E-state index in [1.165, 1.54) is 0 Å². The van der Waals surface area contributed by atoms with Crippen molar-refractivity contribution in [1.82, 2.24) is 24.6 Å². The van der Waals surface area contributed by atoms with E-state index in [0.717, 1.165) is 28.8 Å². The summed E-state index contributed by atoms with van der Waals surface area (Å²) in [5.41, 5.74) is 1.13. The third kappa shape index (κ3) is 3.57. The number of benzene rings is 1. The Morgan fingerprint density at radius 1 is 1.15 bits per heavy atom. The summed E-state index contributed by atoms with van der Waals surface area (Å²) in [7, 11) is 0. The van der Waals surface area contributed by atoms with Crippen LogP contribution in [-0.4, -0.2) is 43.6 Å². The standard InChI is InChI=1S/C19H18BrN5O2/c20-15-10-14(11-21-12-15)18(26)24-8-6-13(7-9-24)17-22-23-19(27)25(17)16-4-2-1-3-5-16/h1-5,10-13H,6-9H2,(H,23,27). The first-order chi connectivity index (χ1) is 13.1. The van der Waals surface area contributed by atoms with E-state index in [2.05, 4.69) is 31.1 Å². The van der Waals surface area contributed by atoms with Gasteiger partial charge in [-0.25, -0.2) is 14.5 Å². The predicted octanol–water partition coefficient (Wildman–Crippen LogP) is 2.74. The van der Waals surface area contributed by atoms with Crippen LogP contribution in [0.25, 0.3) is 5.69 Å². The number of carbonyl (C=O) groups excluding carboxylic acids is 1. The third-order valence-electron chi connectivity index (χ3n) is 4.81. The van der Waals surface area contributed by atoms with Crippen molar-refractivity contribution in [2.45, 2.75) is 18.8 Å². The summed E-state index contributed by atoms with van der Waals surface area (Å²) < 4.78 is 2.41. The van der Waals surface area contributed by atoms with Crippen molar-refractivity contribution in [2.24, 2.45) is 0 Å². The summed E-state index contributed by atoms with van der Waals surface area (Å²) in [4.78, 5) is 30.8. The molecular weight excluding hydrogens is 410 g/mol. The maximum atomic E-state index is 12.7. The number of carbonyl (C=O) groups is 1. The molecule has 1 fully saturated rings. The molecule has 1 aromatic carbocycles. The van der Waals surface area contributed by atoms with Gasteiger partial charge in [0.25, 0.3) is 5.91 Å². The van der Waals surface area contributed by atoms with Gasteiger partial charge in [-0.3, -0.25) is 9.78 Å². The highest BCUT2D eigenvalue weighted by Gasteiger charge is 2.28. The summed E-state index contributed by atoms with van der Waals surface area (Å²) in [5, 5.41) is 6.82. The zero-order chi connectivity index (χ0) is 18.8. The minimum Gasteiger partial charge on any atom is -0.339 e. The van der Waals surface area contributed by atoms with Gasteiger partial charge in [0.05, 0.1) is 11.3 Å². The number of nitrogens with one attached hydrogen (secondary N) is 1. The Kier molecular flexibility index (Phi) is 4.89. The van der Waals surface area contributed by atoms with Crippen molar-refractivity contribution in [3.05, 3.63) is 75.1 Å². The Labute approximate surface area is 164 Å². The zero-order valence-corrected chi connectivity index (χ0v) is 16.1. The lowest BCUT2D eigenvalue weighted by Gasteiger charge is -2.31. The lowest BCUT2D eigenvalue weighted by molar-refractivity contribution is 0.0710. The summed E-state index contributed by atoms with van der Waals surface area (Å²) in [6, 6.07) is 11.3. The summed E-state index contributed by atoms with van der Waals surface area (Å²) in [5.74, 6) is 0.820. The minimum atomic E-state index is -0.241. The maximum Gasteiger partial charge on any atom is 0.347 e. The molecule has 0 saturated carbocycles. The van der Waals surface area contributed by atoms with Gasteiger partial charge in [0.1, 0.15) is 5.82 Å². The first-order valence-corrected chi connectivity index (χ1v) is 9.55. The first kappa shape index (κ1) is 17.7. The largest absolute Gasteiger partial charge is 0.347 e. The molecule has 0 atom stereocenters. The van der Waals surface area contributed by atoms with Gasteiger partial charge in [-0.2, -0.15) is 5.10 Å². The number of pyridine rings is 1. The number of nitrogens with zero attached hydrogens (tertiary/aromatic N) is 4. The molecule has 0 spiro atoms. The second-order valence-electron chi connectivity index (χ2n) is 6.52. The van der Waals surface area contributed by atoms with Gasteiger partial charge in [0.2, 0.25) is 0 Å². The Balaban J connectivity index is 1.51. The van der Waals surface area contributed by atoms with E-state index >= 15 is 0 Å². The van der Waals surface area contributed by atoms with Gasteiger partial charge in [0.15, 0.2) is 0 Å².